The second-order valence-electron chi connectivity index (χ2n) is 7.71. The van der Waals surface area contributed by atoms with Gasteiger partial charge in [-0.25, -0.2) is 9.97 Å². The van der Waals surface area contributed by atoms with Crippen molar-refractivity contribution in [1.82, 2.24) is 15.3 Å². The molecule has 0 unspecified atom stereocenters. The maximum absolute atomic E-state index is 6.04. The molecule has 156 valence electrons. The standard InChI is InChI=1S/C24H29N5O/c25-13-17-1-5-20(6-2-17)23-24(21-7-3-18(14-26)4-8-21)29-22(15-28-23)30-16-19-9-11-27-12-10-19/h1-8,15,19,27H,9-14,16,25-26H2. The van der Waals surface area contributed by atoms with Gasteiger partial charge in [0, 0.05) is 24.2 Å². The van der Waals surface area contributed by atoms with Crippen molar-refractivity contribution in [3.8, 4) is 28.4 Å². The molecule has 1 aliphatic heterocycles. The van der Waals surface area contributed by atoms with Crippen molar-refractivity contribution in [3.63, 3.8) is 0 Å². The predicted octanol–water partition coefficient (Wildman–Crippen LogP) is 3.11. The van der Waals surface area contributed by atoms with Crippen molar-refractivity contribution in [2.24, 2.45) is 17.4 Å². The van der Waals surface area contributed by atoms with Crippen molar-refractivity contribution in [1.29, 1.82) is 0 Å². The highest BCUT2D eigenvalue weighted by Gasteiger charge is 2.16. The molecule has 2 heterocycles. The minimum Gasteiger partial charge on any atom is -0.476 e. The van der Waals surface area contributed by atoms with Crippen LogP contribution in [0.3, 0.4) is 0 Å². The highest BCUT2D eigenvalue weighted by Crippen LogP contribution is 2.31. The van der Waals surface area contributed by atoms with E-state index >= 15 is 0 Å². The van der Waals surface area contributed by atoms with Crippen LogP contribution in [0.4, 0.5) is 0 Å². The van der Waals surface area contributed by atoms with Crippen molar-refractivity contribution in [2.45, 2.75) is 25.9 Å². The van der Waals surface area contributed by atoms with Crippen LogP contribution in [-0.4, -0.2) is 29.7 Å². The Bertz CT molecular complexity index is 950. The van der Waals surface area contributed by atoms with Crippen LogP contribution in [0.15, 0.2) is 54.7 Å². The fourth-order valence-corrected chi connectivity index (χ4v) is 3.70. The molecule has 0 radical (unpaired) electrons. The fourth-order valence-electron chi connectivity index (χ4n) is 3.70. The number of ether oxygens (including phenoxy) is 1. The molecule has 0 amide bonds. The van der Waals surface area contributed by atoms with Crippen LogP contribution in [-0.2, 0) is 13.1 Å². The zero-order valence-corrected chi connectivity index (χ0v) is 17.2. The molecule has 1 aliphatic rings. The first-order valence-electron chi connectivity index (χ1n) is 10.6. The Kier molecular flexibility index (Phi) is 6.69. The van der Waals surface area contributed by atoms with Gasteiger partial charge >= 0.3 is 0 Å². The summed E-state index contributed by atoms with van der Waals surface area (Å²) in [6, 6.07) is 16.3. The molecule has 1 fully saturated rings. The van der Waals surface area contributed by atoms with Crippen LogP contribution in [0.2, 0.25) is 0 Å². The summed E-state index contributed by atoms with van der Waals surface area (Å²) < 4.78 is 6.04. The number of hydrogen-bond donors (Lipinski definition) is 3. The van der Waals surface area contributed by atoms with Crippen molar-refractivity contribution >= 4 is 0 Å². The van der Waals surface area contributed by atoms with E-state index in [-0.39, 0.29) is 0 Å². The van der Waals surface area contributed by atoms with E-state index in [0.29, 0.717) is 31.5 Å². The average molecular weight is 404 g/mol. The number of benzene rings is 2. The van der Waals surface area contributed by atoms with E-state index in [9.17, 15) is 0 Å². The molecule has 6 heteroatoms. The Labute approximate surface area is 177 Å². The summed E-state index contributed by atoms with van der Waals surface area (Å²) in [5.41, 5.74) is 17.3. The summed E-state index contributed by atoms with van der Waals surface area (Å²) in [6.45, 7) is 3.81. The Morgan fingerprint density at radius 1 is 0.833 bits per heavy atom. The van der Waals surface area contributed by atoms with Crippen molar-refractivity contribution in [2.75, 3.05) is 19.7 Å². The third kappa shape index (κ3) is 4.84. The Balaban J connectivity index is 1.65. The number of hydrogen-bond acceptors (Lipinski definition) is 6. The Morgan fingerprint density at radius 2 is 1.40 bits per heavy atom. The molecular weight excluding hydrogens is 374 g/mol. The average Bonchev–Trinajstić information content (AvgIpc) is 2.83. The third-order valence-electron chi connectivity index (χ3n) is 5.60. The topological polar surface area (TPSA) is 99.1 Å². The third-order valence-corrected chi connectivity index (χ3v) is 5.60. The minimum absolute atomic E-state index is 0.513. The summed E-state index contributed by atoms with van der Waals surface area (Å²) >= 11 is 0. The molecule has 2 aromatic carbocycles. The summed E-state index contributed by atoms with van der Waals surface area (Å²) in [6.07, 6.45) is 3.99. The van der Waals surface area contributed by atoms with Crippen molar-refractivity contribution in [3.05, 3.63) is 65.9 Å². The fraction of sp³-hybridized carbons (Fsp3) is 0.333. The maximum atomic E-state index is 6.04. The summed E-state index contributed by atoms with van der Waals surface area (Å²) in [5.74, 6) is 1.12. The lowest BCUT2D eigenvalue weighted by Gasteiger charge is -2.22. The lowest BCUT2D eigenvalue weighted by molar-refractivity contribution is 0.208. The molecule has 3 aromatic rings. The van der Waals surface area contributed by atoms with Gasteiger partial charge in [0.1, 0.15) is 5.69 Å². The molecule has 1 saturated heterocycles. The Morgan fingerprint density at radius 3 is 1.97 bits per heavy atom. The first-order chi connectivity index (χ1) is 14.8. The zero-order valence-electron chi connectivity index (χ0n) is 17.2. The lowest BCUT2D eigenvalue weighted by atomic mass is 9.99. The van der Waals surface area contributed by atoms with Gasteiger partial charge in [-0.2, -0.15) is 0 Å². The SMILES string of the molecule is NCc1ccc(-c2ncc(OCC3CCNCC3)nc2-c2ccc(CN)cc2)cc1. The molecular formula is C24H29N5O. The van der Waals surface area contributed by atoms with E-state index in [1.807, 2.05) is 48.5 Å². The summed E-state index contributed by atoms with van der Waals surface area (Å²) in [4.78, 5) is 9.58. The monoisotopic (exact) mass is 403 g/mol. The molecule has 0 saturated carbocycles. The van der Waals surface area contributed by atoms with Crippen LogP contribution >= 0.6 is 0 Å². The first kappa shape index (κ1) is 20.5. The number of rotatable bonds is 7. The van der Waals surface area contributed by atoms with Gasteiger partial charge in [0.05, 0.1) is 18.5 Å². The van der Waals surface area contributed by atoms with Crippen LogP contribution in [0.5, 0.6) is 5.88 Å². The molecule has 0 spiro atoms. The van der Waals surface area contributed by atoms with E-state index in [0.717, 1.165) is 59.6 Å². The van der Waals surface area contributed by atoms with Gasteiger partial charge in [-0.1, -0.05) is 48.5 Å². The van der Waals surface area contributed by atoms with Gasteiger partial charge < -0.3 is 21.5 Å². The first-order valence-corrected chi connectivity index (χ1v) is 10.6. The molecule has 0 aliphatic carbocycles. The molecule has 30 heavy (non-hydrogen) atoms. The van der Waals surface area contributed by atoms with Gasteiger partial charge in [0.2, 0.25) is 5.88 Å². The quantitative estimate of drug-likeness (QED) is 0.561. The van der Waals surface area contributed by atoms with Gasteiger partial charge in [-0.3, -0.25) is 0 Å². The molecule has 1 aromatic heterocycles. The van der Waals surface area contributed by atoms with E-state index in [1.54, 1.807) is 6.20 Å². The molecule has 0 bridgehead atoms. The molecule has 0 atom stereocenters. The van der Waals surface area contributed by atoms with Gasteiger partial charge in [-0.05, 0) is 43.0 Å². The number of nitrogens with two attached hydrogens (primary N) is 2. The predicted molar refractivity (Wildman–Crippen MR) is 120 cm³/mol. The minimum atomic E-state index is 0.513. The van der Waals surface area contributed by atoms with Crippen LogP contribution in [0.1, 0.15) is 24.0 Å². The van der Waals surface area contributed by atoms with Gasteiger partial charge in [-0.15, -0.1) is 0 Å². The highest BCUT2D eigenvalue weighted by molar-refractivity contribution is 5.78. The lowest BCUT2D eigenvalue weighted by Crippen LogP contribution is -2.30. The smallest absolute Gasteiger partial charge is 0.232 e. The van der Waals surface area contributed by atoms with E-state index < -0.39 is 0 Å². The number of aromatic nitrogens is 2. The zero-order chi connectivity index (χ0) is 20.8. The second kappa shape index (κ2) is 9.80. The van der Waals surface area contributed by atoms with Crippen LogP contribution in [0, 0.1) is 5.92 Å². The number of piperidine rings is 1. The van der Waals surface area contributed by atoms with Crippen LogP contribution < -0.4 is 21.5 Å². The van der Waals surface area contributed by atoms with E-state index in [1.165, 1.54) is 0 Å². The summed E-state index contributed by atoms with van der Waals surface area (Å²) in [5, 5.41) is 3.39. The highest BCUT2D eigenvalue weighted by atomic mass is 16.5. The van der Waals surface area contributed by atoms with E-state index in [4.69, 9.17) is 26.2 Å². The normalized spacial score (nSPS) is 14.6. The van der Waals surface area contributed by atoms with Gasteiger partial charge in [0.15, 0.2) is 0 Å². The van der Waals surface area contributed by atoms with E-state index in [2.05, 4.69) is 5.32 Å². The molecule has 5 N–H and O–H groups in total. The van der Waals surface area contributed by atoms with Crippen LogP contribution in [0.25, 0.3) is 22.5 Å². The summed E-state index contributed by atoms with van der Waals surface area (Å²) in [7, 11) is 0. The maximum Gasteiger partial charge on any atom is 0.232 e. The largest absolute Gasteiger partial charge is 0.476 e. The molecule has 6 nitrogen and oxygen atoms in total. The van der Waals surface area contributed by atoms with Crippen molar-refractivity contribution < 1.29 is 4.74 Å². The second-order valence-corrected chi connectivity index (χ2v) is 7.71. The van der Waals surface area contributed by atoms with Gasteiger partial charge in [0.25, 0.3) is 0 Å². The number of nitrogens with one attached hydrogen (secondary N) is 1. The molecule has 4 rings (SSSR count). The Hall–Kier alpha value is -2.80. The number of nitrogens with zero attached hydrogens (tertiary/aromatic N) is 2.